The van der Waals surface area contributed by atoms with Crippen LogP contribution in [-0.2, 0) is 14.6 Å². The summed E-state index contributed by atoms with van der Waals surface area (Å²) in [7, 11) is -3.82. The van der Waals surface area contributed by atoms with Crippen LogP contribution in [0.25, 0.3) is 0 Å². The molecule has 0 radical (unpaired) electrons. The SMILES string of the molecule is O=C(CSc1ccccc1)NCC(c1ccccc1)S(=O)(=O)c1ccc(F)cc1. The highest BCUT2D eigenvalue weighted by Gasteiger charge is 2.29. The Hall–Kier alpha value is -2.64. The van der Waals surface area contributed by atoms with Gasteiger partial charge in [0.25, 0.3) is 0 Å². The van der Waals surface area contributed by atoms with E-state index in [0.717, 1.165) is 17.0 Å². The Bertz CT molecular complexity index is 1040. The molecule has 0 heterocycles. The van der Waals surface area contributed by atoms with E-state index in [4.69, 9.17) is 0 Å². The standard InChI is InChI=1S/C22H20FNO3S2/c23-18-11-13-20(14-12-18)29(26,27)21(17-7-3-1-4-8-17)15-24-22(25)16-28-19-9-5-2-6-10-19/h1-14,21H,15-16H2,(H,24,25). The van der Waals surface area contributed by atoms with Gasteiger partial charge in [-0.05, 0) is 42.0 Å². The number of hydrogen-bond donors (Lipinski definition) is 1. The summed E-state index contributed by atoms with van der Waals surface area (Å²) in [5.74, 6) is -0.581. The monoisotopic (exact) mass is 429 g/mol. The van der Waals surface area contributed by atoms with E-state index in [1.54, 1.807) is 30.3 Å². The molecule has 7 heteroatoms. The van der Waals surface area contributed by atoms with Crippen molar-refractivity contribution < 1.29 is 17.6 Å². The summed E-state index contributed by atoms with van der Waals surface area (Å²) < 4.78 is 39.5. The Kier molecular flexibility index (Phi) is 7.06. The van der Waals surface area contributed by atoms with Crippen molar-refractivity contribution in [3.05, 3.63) is 96.3 Å². The predicted molar refractivity (Wildman–Crippen MR) is 113 cm³/mol. The first-order chi connectivity index (χ1) is 14.0. The zero-order chi connectivity index (χ0) is 20.7. The summed E-state index contributed by atoms with van der Waals surface area (Å²) in [5.41, 5.74) is 0.563. The highest BCUT2D eigenvalue weighted by Crippen LogP contribution is 2.28. The number of amides is 1. The summed E-state index contributed by atoms with van der Waals surface area (Å²) in [6, 6.07) is 22.9. The fourth-order valence-electron chi connectivity index (χ4n) is 2.79. The zero-order valence-electron chi connectivity index (χ0n) is 15.5. The van der Waals surface area contributed by atoms with Gasteiger partial charge in [0.05, 0.1) is 10.6 Å². The highest BCUT2D eigenvalue weighted by atomic mass is 32.2. The van der Waals surface area contributed by atoms with Crippen molar-refractivity contribution in [2.75, 3.05) is 12.3 Å². The average Bonchev–Trinajstić information content (AvgIpc) is 2.74. The molecule has 0 aliphatic rings. The number of carbonyl (C=O) groups excluding carboxylic acids is 1. The van der Waals surface area contributed by atoms with Crippen LogP contribution >= 0.6 is 11.8 Å². The van der Waals surface area contributed by atoms with Gasteiger partial charge >= 0.3 is 0 Å². The van der Waals surface area contributed by atoms with E-state index in [1.807, 2.05) is 30.3 Å². The molecule has 1 N–H and O–H groups in total. The molecule has 0 aliphatic carbocycles. The Labute approximate surface area is 174 Å². The van der Waals surface area contributed by atoms with Crippen LogP contribution in [0.2, 0.25) is 0 Å². The minimum absolute atomic E-state index is 0.0145. The lowest BCUT2D eigenvalue weighted by atomic mass is 10.1. The van der Waals surface area contributed by atoms with Gasteiger partial charge in [-0.3, -0.25) is 4.79 Å². The smallest absolute Gasteiger partial charge is 0.230 e. The van der Waals surface area contributed by atoms with Gasteiger partial charge in [-0.2, -0.15) is 0 Å². The normalized spacial score (nSPS) is 12.3. The molecule has 3 rings (SSSR count). The number of nitrogens with one attached hydrogen (secondary N) is 1. The van der Waals surface area contributed by atoms with E-state index in [9.17, 15) is 17.6 Å². The Morgan fingerprint density at radius 2 is 1.48 bits per heavy atom. The molecule has 3 aromatic carbocycles. The molecule has 0 aromatic heterocycles. The Balaban J connectivity index is 1.74. The van der Waals surface area contributed by atoms with Crippen molar-refractivity contribution >= 4 is 27.5 Å². The fraction of sp³-hybridized carbons (Fsp3) is 0.136. The molecule has 1 amide bonds. The average molecular weight is 430 g/mol. The predicted octanol–water partition coefficient (Wildman–Crippen LogP) is 4.25. The second-order valence-corrected chi connectivity index (χ2v) is 9.48. The van der Waals surface area contributed by atoms with Gasteiger partial charge in [0.15, 0.2) is 9.84 Å². The highest BCUT2D eigenvalue weighted by molar-refractivity contribution is 8.00. The second kappa shape index (κ2) is 9.71. The minimum atomic E-state index is -3.82. The third-order valence-electron chi connectivity index (χ3n) is 4.29. The molecule has 3 aromatic rings. The number of sulfone groups is 1. The van der Waals surface area contributed by atoms with Crippen molar-refractivity contribution in [3.63, 3.8) is 0 Å². The number of benzene rings is 3. The fourth-order valence-corrected chi connectivity index (χ4v) is 5.20. The Morgan fingerprint density at radius 1 is 0.897 bits per heavy atom. The molecular weight excluding hydrogens is 409 g/mol. The largest absolute Gasteiger partial charge is 0.354 e. The van der Waals surface area contributed by atoms with E-state index < -0.39 is 20.9 Å². The lowest BCUT2D eigenvalue weighted by Crippen LogP contribution is -2.33. The maximum Gasteiger partial charge on any atom is 0.230 e. The molecule has 0 saturated heterocycles. The molecule has 0 spiro atoms. The summed E-state index contributed by atoms with van der Waals surface area (Å²) in [5, 5.41) is 1.75. The van der Waals surface area contributed by atoms with E-state index in [-0.39, 0.29) is 23.1 Å². The van der Waals surface area contributed by atoms with Crippen LogP contribution < -0.4 is 5.32 Å². The lowest BCUT2D eigenvalue weighted by molar-refractivity contribution is -0.118. The van der Waals surface area contributed by atoms with Crippen LogP contribution in [0.1, 0.15) is 10.8 Å². The lowest BCUT2D eigenvalue weighted by Gasteiger charge is -2.19. The molecule has 4 nitrogen and oxygen atoms in total. The van der Waals surface area contributed by atoms with E-state index in [2.05, 4.69) is 5.32 Å². The summed E-state index contributed by atoms with van der Waals surface area (Å²) in [4.78, 5) is 13.3. The van der Waals surface area contributed by atoms with Crippen molar-refractivity contribution in [1.82, 2.24) is 5.32 Å². The van der Waals surface area contributed by atoms with E-state index in [1.165, 1.54) is 23.9 Å². The van der Waals surface area contributed by atoms with Crippen molar-refractivity contribution in [1.29, 1.82) is 0 Å². The minimum Gasteiger partial charge on any atom is -0.354 e. The van der Waals surface area contributed by atoms with Crippen molar-refractivity contribution in [3.8, 4) is 0 Å². The van der Waals surface area contributed by atoms with Crippen molar-refractivity contribution in [2.45, 2.75) is 15.0 Å². The van der Waals surface area contributed by atoms with Gasteiger partial charge in [-0.1, -0.05) is 48.5 Å². The first-order valence-electron chi connectivity index (χ1n) is 8.96. The third-order valence-corrected chi connectivity index (χ3v) is 7.42. The molecular formula is C22H20FNO3S2. The zero-order valence-corrected chi connectivity index (χ0v) is 17.1. The first-order valence-corrected chi connectivity index (χ1v) is 11.5. The van der Waals surface area contributed by atoms with Gasteiger partial charge in [0.1, 0.15) is 11.1 Å². The molecule has 1 unspecified atom stereocenters. The summed E-state index contributed by atoms with van der Waals surface area (Å²) in [6.07, 6.45) is 0. The topological polar surface area (TPSA) is 63.2 Å². The second-order valence-electron chi connectivity index (χ2n) is 6.30. The maximum absolute atomic E-state index is 13.2. The number of hydrogen-bond acceptors (Lipinski definition) is 4. The van der Waals surface area contributed by atoms with Gasteiger partial charge < -0.3 is 5.32 Å². The van der Waals surface area contributed by atoms with Crippen LogP contribution in [0.4, 0.5) is 4.39 Å². The van der Waals surface area contributed by atoms with E-state index in [0.29, 0.717) is 5.56 Å². The molecule has 0 saturated carbocycles. The quantitative estimate of drug-likeness (QED) is 0.430. The maximum atomic E-state index is 13.2. The van der Waals surface area contributed by atoms with Crippen LogP contribution in [0, 0.1) is 5.82 Å². The third kappa shape index (κ3) is 5.68. The van der Waals surface area contributed by atoms with Crippen LogP contribution in [0.5, 0.6) is 0 Å². The number of carbonyl (C=O) groups is 1. The number of halogens is 1. The molecule has 0 aliphatic heterocycles. The molecule has 150 valence electrons. The number of rotatable bonds is 8. The summed E-state index contributed by atoms with van der Waals surface area (Å²) >= 11 is 1.38. The van der Waals surface area contributed by atoms with E-state index >= 15 is 0 Å². The van der Waals surface area contributed by atoms with Gasteiger partial charge in [-0.25, -0.2) is 12.8 Å². The Morgan fingerprint density at radius 3 is 2.10 bits per heavy atom. The van der Waals surface area contributed by atoms with Crippen LogP contribution in [0.15, 0.2) is 94.7 Å². The summed E-state index contributed by atoms with van der Waals surface area (Å²) in [6.45, 7) is -0.0715. The number of thioether (sulfide) groups is 1. The molecule has 0 fully saturated rings. The van der Waals surface area contributed by atoms with Gasteiger partial charge in [0, 0.05) is 11.4 Å². The van der Waals surface area contributed by atoms with Gasteiger partial charge in [0.2, 0.25) is 5.91 Å². The van der Waals surface area contributed by atoms with Crippen LogP contribution in [-0.4, -0.2) is 26.6 Å². The van der Waals surface area contributed by atoms with Crippen LogP contribution in [0.3, 0.4) is 0 Å². The first kappa shape index (κ1) is 21.1. The molecule has 1 atom stereocenters. The molecule has 29 heavy (non-hydrogen) atoms. The molecule has 0 bridgehead atoms. The van der Waals surface area contributed by atoms with Gasteiger partial charge in [-0.15, -0.1) is 11.8 Å². The van der Waals surface area contributed by atoms with Crippen molar-refractivity contribution in [2.24, 2.45) is 0 Å².